The minimum absolute atomic E-state index is 0.0131. The third-order valence-corrected chi connectivity index (χ3v) is 13.1. The van der Waals surface area contributed by atoms with Gasteiger partial charge in [0.1, 0.15) is 12.3 Å². The molecule has 4 N–H and O–H groups in total. The number of rotatable bonds is 3. The number of halogens is 2. The van der Waals surface area contributed by atoms with Gasteiger partial charge in [0.2, 0.25) is 11.8 Å². The number of nitrogens with zero attached hydrogens (tertiary/aromatic N) is 3. The number of piperidine rings is 2. The first kappa shape index (κ1) is 31.6. The molecular formula is C32H49F2N7O3S. The molecule has 0 aromatic rings. The van der Waals surface area contributed by atoms with Crippen LogP contribution in [0.15, 0.2) is 12.7 Å². The van der Waals surface area contributed by atoms with Gasteiger partial charge in [-0.25, -0.2) is 13.6 Å². The van der Waals surface area contributed by atoms with Crippen LogP contribution >= 0.6 is 11.8 Å². The van der Waals surface area contributed by atoms with Gasteiger partial charge in [0, 0.05) is 72.6 Å². The summed E-state index contributed by atoms with van der Waals surface area (Å²) in [6.45, 7) is 9.91. The van der Waals surface area contributed by atoms with Gasteiger partial charge >= 0.3 is 6.03 Å². The van der Waals surface area contributed by atoms with Crippen molar-refractivity contribution >= 4 is 29.6 Å². The van der Waals surface area contributed by atoms with Crippen LogP contribution in [0.4, 0.5) is 13.6 Å². The van der Waals surface area contributed by atoms with E-state index in [0.717, 1.165) is 19.4 Å². The fourth-order valence-electron chi connectivity index (χ4n) is 9.61. The lowest BCUT2D eigenvalue weighted by atomic mass is 9.72. The fourth-order valence-corrected chi connectivity index (χ4v) is 11.0. The molecule has 4 amide bonds. The summed E-state index contributed by atoms with van der Waals surface area (Å²) < 4.78 is 32.5. The summed E-state index contributed by atoms with van der Waals surface area (Å²) in [5, 5.41) is 13.8. The topological polar surface area (TPSA) is 109 Å². The normalized spacial score (nSPS) is 45.4. The highest BCUT2D eigenvalue weighted by molar-refractivity contribution is 8.00. The van der Waals surface area contributed by atoms with Crippen LogP contribution in [0.5, 0.6) is 0 Å². The zero-order valence-corrected chi connectivity index (χ0v) is 27.2. The van der Waals surface area contributed by atoms with Gasteiger partial charge < -0.3 is 25.8 Å². The van der Waals surface area contributed by atoms with Gasteiger partial charge in [-0.3, -0.25) is 19.8 Å². The summed E-state index contributed by atoms with van der Waals surface area (Å²) in [4.78, 5) is 46.2. The molecule has 13 atom stereocenters. The standard InChI is InChI=1S/C32H49F2N7O3S/c1-4-25(43)39-11-12-40(22-15-21(22)39)30-17-14-19(34)28-26-18(33)6-5-7-20(26)36-24(42)9-13-45-23-8-10-35-27(16(2)3)29(23)41(31(17)37-28)32(44)38-30/h4,16-23,26-31,35,37H,1,5-15H2,2-3H3,(H,36,42)(H,38,44)/t17?,18?,19?,20?,21?,22-,23?,26?,27?,28?,29?,30?,31?/m1/s1. The van der Waals surface area contributed by atoms with E-state index in [-0.39, 0.29) is 65.5 Å². The second-order valence-corrected chi connectivity index (χ2v) is 15.9. The van der Waals surface area contributed by atoms with Crippen molar-refractivity contribution in [3.05, 3.63) is 12.7 Å². The number of carbonyl (C=O) groups is 3. The van der Waals surface area contributed by atoms with E-state index in [1.165, 1.54) is 6.08 Å². The van der Waals surface area contributed by atoms with Gasteiger partial charge in [-0.2, -0.15) is 11.8 Å². The number of thioether (sulfide) groups is 1. The summed E-state index contributed by atoms with van der Waals surface area (Å²) >= 11 is 1.75. The average Bonchev–Trinajstić information content (AvgIpc) is 3.81. The predicted molar refractivity (Wildman–Crippen MR) is 169 cm³/mol. The molecule has 7 fully saturated rings. The third kappa shape index (κ3) is 5.67. The molecule has 0 radical (unpaired) electrons. The van der Waals surface area contributed by atoms with Crippen molar-refractivity contribution in [2.75, 3.05) is 25.4 Å². The van der Waals surface area contributed by atoms with Crippen molar-refractivity contribution < 1.29 is 23.2 Å². The van der Waals surface area contributed by atoms with Crippen LogP contribution in [-0.2, 0) is 9.59 Å². The lowest BCUT2D eigenvalue weighted by Gasteiger charge is -2.59. The largest absolute Gasteiger partial charge is 0.353 e. The molecular weight excluding hydrogens is 600 g/mol. The smallest absolute Gasteiger partial charge is 0.320 e. The molecule has 2 bridgehead atoms. The van der Waals surface area contributed by atoms with Crippen molar-refractivity contribution in [3.63, 3.8) is 0 Å². The molecule has 45 heavy (non-hydrogen) atoms. The van der Waals surface area contributed by atoms with E-state index in [4.69, 9.17) is 0 Å². The van der Waals surface area contributed by atoms with Gasteiger partial charge in [0.05, 0.1) is 18.4 Å². The van der Waals surface area contributed by atoms with E-state index in [1.54, 1.807) is 11.8 Å². The monoisotopic (exact) mass is 649 g/mol. The van der Waals surface area contributed by atoms with Crippen molar-refractivity contribution in [2.24, 2.45) is 17.8 Å². The first-order chi connectivity index (χ1) is 21.7. The molecule has 12 unspecified atom stereocenters. The molecule has 0 aromatic heterocycles. The molecule has 7 aliphatic rings. The Kier molecular flexibility index (Phi) is 8.84. The molecule has 2 saturated carbocycles. The summed E-state index contributed by atoms with van der Waals surface area (Å²) in [7, 11) is 0. The number of piperazine rings is 1. The van der Waals surface area contributed by atoms with E-state index >= 15 is 8.78 Å². The first-order valence-electron chi connectivity index (χ1n) is 17.1. The SMILES string of the molecule is C=CC(=O)N1CCN(C2NC(=O)N3C4NC(C(F)CC42)C2C(F)CCCC2NC(=O)CCSC2CCNC(C(C)C)C23)[C@@H]2CC21. The van der Waals surface area contributed by atoms with Crippen molar-refractivity contribution in [3.8, 4) is 0 Å². The van der Waals surface area contributed by atoms with Crippen LogP contribution in [0.3, 0.4) is 0 Å². The van der Waals surface area contributed by atoms with E-state index < -0.39 is 42.7 Å². The molecule has 5 heterocycles. The second kappa shape index (κ2) is 12.6. The van der Waals surface area contributed by atoms with Gasteiger partial charge in [-0.1, -0.05) is 20.4 Å². The number of hydrogen-bond donors (Lipinski definition) is 4. The highest BCUT2D eigenvalue weighted by Crippen LogP contribution is 2.45. The van der Waals surface area contributed by atoms with Crippen LogP contribution in [0.25, 0.3) is 0 Å². The van der Waals surface area contributed by atoms with Gasteiger partial charge in [0.25, 0.3) is 0 Å². The van der Waals surface area contributed by atoms with Gasteiger partial charge in [0.15, 0.2) is 0 Å². The summed E-state index contributed by atoms with van der Waals surface area (Å²) in [6, 6.07) is -1.46. The predicted octanol–water partition coefficient (Wildman–Crippen LogP) is 1.97. The number of nitrogens with one attached hydrogen (secondary N) is 4. The highest BCUT2D eigenvalue weighted by atomic mass is 32.2. The number of carbonyl (C=O) groups excluding carboxylic acids is 3. The highest BCUT2D eigenvalue weighted by Gasteiger charge is 2.60. The van der Waals surface area contributed by atoms with Crippen molar-refractivity contribution in [2.45, 2.75) is 125 Å². The Morgan fingerprint density at radius 1 is 1.04 bits per heavy atom. The molecule has 2 aliphatic carbocycles. The molecule has 13 heteroatoms. The Hall–Kier alpha value is -1.96. The maximum Gasteiger partial charge on any atom is 0.320 e. The minimum atomic E-state index is -1.34. The zero-order chi connectivity index (χ0) is 31.6. The number of alkyl halides is 2. The van der Waals surface area contributed by atoms with E-state index in [1.807, 2.05) is 9.80 Å². The van der Waals surface area contributed by atoms with Crippen molar-refractivity contribution in [1.82, 2.24) is 36.0 Å². The molecule has 250 valence electrons. The third-order valence-electron chi connectivity index (χ3n) is 11.7. The van der Waals surface area contributed by atoms with Crippen LogP contribution in [0, 0.1) is 17.8 Å². The van der Waals surface area contributed by atoms with Crippen LogP contribution in [0.2, 0.25) is 0 Å². The molecule has 0 aromatic carbocycles. The molecule has 0 spiro atoms. The molecule has 10 nitrogen and oxygen atoms in total. The second-order valence-electron chi connectivity index (χ2n) is 14.6. The Morgan fingerprint density at radius 3 is 2.64 bits per heavy atom. The quantitative estimate of drug-likeness (QED) is 0.347. The van der Waals surface area contributed by atoms with E-state index in [0.29, 0.717) is 44.5 Å². The summed E-state index contributed by atoms with van der Waals surface area (Å²) in [5.74, 6) is -0.332. The molecule has 5 saturated heterocycles. The number of hydrogen-bond acceptors (Lipinski definition) is 7. The van der Waals surface area contributed by atoms with Crippen LogP contribution < -0.4 is 21.3 Å². The van der Waals surface area contributed by atoms with Gasteiger partial charge in [-0.15, -0.1) is 0 Å². The maximum absolute atomic E-state index is 16.6. The Morgan fingerprint density at radius 2 is 1.87 bits per heavy atom. The number of amides is 4. The molecule has 5 aliphatic heterocycles. The molecule has 7 rings (SSSR count). The maximum atomic E-state index is 16.6. The van der Waals surface area contributed by atoms with Crippen LogP contribution in [-0.4, -0.2) is 124 Å². The zero-order valence-electron chi connectivity index (χ0n) is 26.4. The minimum Gasteiger partial charge on any atom is -0.353 e. The number of urea groups is 1. The summed E-state index contributed by atoms with van der Waals surface area (Å²) in [6.07, 6.45) is 1.65. The van der Waals surface area contributed by atoms with Gasteiger partial charge in [-0.05, 0) is 57.1 Å². The Bertz CT molecular complexity index is 1180. The van der Waals surface area contributed by atoms with E-state index in [2.05, 4.69) is 46.6 Å². The number of fused-ring (bicyclic) bond motifs is 6. The lowest BCUT2D eigenvalue weighted by molar-refractivity contribution is -0.130. The lowest BCUT2D eigenvalue weighted by Crippen LogP contribution is -2.80. The summed E-state index contributed by atoms with van der Waals surface area (Å²) in [5.41, 5.74) is 0. The van der Waals surface area contributed by atoms with Crippen molar-refractivity contribution in [1.29, 1.82) is 0 Å². The Labute approximate surface area is 269 Å². The van der Waals surface area contributed by atoms with E-state index in [9.17, 15) is 14.4 Å². The first-order valence-corrected chi connectivity index (χ1v) is 18.2. The van der Waals surface area contributed by atoms with Crippen LogP contribution in [0.1, 0.15) is 58.8 Å². The average molecular weight is 650 g/mol. The fraction of sp³-hybridized carbons (Fsp3) is 0.844. The Balaban J connectivity index is 1.26.